The highest BCUT2D eigenvalue weighted by atomic mass is 15.1. The van der Waals surface area contributed by atoms with Crippen LogP contribution in [0, 0.1) is 12.3 Å². The van der Waals surface area contributed by atoms with Crippen molar-refractivity contribution in [1.82, 2.24) is 19.5 Å². The third-order valence-corrected chi connectivity index (χ3v) is 4.03. The maximum Gasteiger partial charge on any atom is 0.160 e. The highest BCUT2D eigenvalue weighted by molar-refractivity contribution is 5.77. The number of aromatic nitrogens is 4. The predicted octanol–water partition coefficient (Wildman–Crippen LogP) is 3.40. The van der Waals surface area contributed by atoms with E-state index in [2.05, 4.69) is 35.3 Å². The second kappa shape index (κ2) is 5.78. The summed E-state index contributed by atoms with van der Waals surface area (Å²) in [6, 6.07) is 7.50. The number of fused-ring (bicyclic) bond motifs is 1. The first-order valence-electron chi connectivity index (χ1n) is 8.10. The van der Waals surface area contributed by atoms with Gasteiger partial charge in [-0.1, -0.05) is 20.8 Å². The van der Waals surface area contributed by atoms with Gasteiger partial charge in [0.1, 0.15) is 23.0 Å². The van der Waals surface area contributed by atoms with Gasteiger partial charge in [-0.2, -0.15) is 0 Å². The summed E-state index contributed by atoms with van der Waals surface area (Å²) in [5.74, 6) is 1.77. The lowest BCUT2D eigenvalue weighted by molar-refractivity contribution is 0.350. The molecule has 3 aromatic rings. The minimum absolute atomic E-state index is 0.259. The summed E-state index contributed by atoms with van der Waals surface area (Å²) >= 11 is 0. The van der Waals surface area contributed by atoms with Gasteiger partial charge in [-0.25, -0.2) is 15.0 Å². The topological polar surface area (TPSA) is 95.6 Å². The lowest BCUT2D eigenvalue weighted by Crippen LogP contribution is -2.11. The highest BCUT2D eigenvalue weighted by Gasteiger charge is 2.15. The van der Waals surface area contributed by atoms with Crippen LogP contribution in [0.1, 0.15) is 33.0 Å². The number of aryl methyl sites for hydroxylation is 2. The Bertz CT molecular complexity index is 868. The van der Waals surface area contributed by atoms with E-state index in [0.717, 1.165) is 41.2 Å². The largest absolute Gasteiger partial charge is 0.384 e. The van der Waals surface area contributed by atoms with Crippen LogP contribution in [0.5, 0.6) is 0 Å². The molecule has 0 aromatic carbocycles. The van der Waals surface area contributed by atoms with Gasteiger partial charge < -0.3 is 16.0 Å². The number of rotatable bonds is 3. The molecule has 0 spiro atoms. The summed E-state index contributed by atoms with van der Waals surface area (Å²) in [5, 5.41) is 0. The summed E-state index contributed by atoms with van der Waals surface area (Å²) in [6.07, 6.45) is 1.06. The molecular formula is C18H24N6. The van der Waals surface area contributed by atoms with Crippen molar-refractivity contribution in [2.75, 3.05) is 11.5 Å². The van der Waals surface area contributed by atoms with Crippen LogP contribution in [-0.4, -0.2) is 19.5 Å². The van der Waals surface area contributed by atoms with E-state index in [1.165, 1.54) is 0 Å². The molecule has 0 bridgehead atoms. The average Bonchev–Trinajstić information content (AvgIpc) is 2.77. The Morgan fingerprint density at radius 2 is 1.67 bits per heavy atom. The van der Waals surface area contributed by atoms with E-state index in [1.54, 1.807) is 12.1 Å². The summed E-state index contributed by atoms with van der Waals surface area (Å²) in [6.45, 7) is 9.63. The normalized spacial score (nSPS) is 12.0. The van der Waals surface area contributed by atoms with Gasteiger partial charge in [-0.3, -0.25) is 0 Å². The zero-order chi connectivity index (χ0) is 17.5. The first-order chi connectivity index (χ1) is 11.2. The minimum atomic E-state index is 0.259. The zero-order valence-corrected chi connectivity index (χ0v) is 14.7. The molecule has 3 rings (SSSR count). The summed E-state index contributed by atoms with van der Waals surface area (Å²) < 4.78 is 2.18. The van der Waals surface area contributed by atoms with Gasteiger partial charge in [-0.15, -0.1) is 0 Å². The number of hydrogen-bond donors (Lipinski definition) is 2. The first-order valence-corrected chi connectivity index (χ1v) is 8.10. The molecule has 6 heteroatoms. The van der Waals surface area contributed by atoms with Crippen LogP contribution in [-0.2, 0) is 6.54 Å². The lowest BCUT2D eigenvalue weighted by Gasteiger charge is -2.18. The van der Waals surface area contributed by atoms with Crippen LogP contribution in [0.4, 0.5) is 11.6 Å². The summed E-state index contributed by atoms with van der Waals surface area (Å²) in [4.78, 5) is 13.4. The van der Waals surface area contributed by atoms with Gasteiger partial charge in [0.05, 0.1) is 5.69 Å². The SMILES string of the molecule is Cc1nc2ccc(-c3cc(N)nc(N)c3)nc2n1CCC(C)(C)C. The van der Waals surface area contributed by atoms with Gasteiger partial charge in [0.25, 0.3) is 0 Å². The smallest absolute Gasteiger partial charge is 0.160 e. The van der Waals surface area contributed by atoms with Crippen molar-refractivity contribution in [3.8, 4) is 11.3 Å². The third kappa shape index (κ3) is 3.32. The molecule has 4 N–H and O–H groups in total. The second-order valence-corrected chi connectivity index (χ2v) is 7.37. The number of nitrogens with zero attached hydrogens (tertiary/aromatic N) is 4. The van der Waals surface area contributed by atoms with Crippen LogP contribution < -0.4 is 11.5 Å². The molecule has 0 aliphatic rings. The molecule has 0 radical (unpaired) electrons. The van der Waals surface area contributed by atoms with E-state index in [1.807, 2.05) is 19.1 Å². The zero-order valence-electron chi connectivity index (χ0n) is 14.7. The van der Waals surface area contributed by atoms with Gasteiger partial charge >= 0.3 is 0 Å². The number of hydrogen-bond acceptors (Lipinski definition) is 5. The van der Waals surface area contributed by atoms with Crippen molar-refractivity contribution < 1.29 is 0 Å². The van der Waals surface area contributed by atoms with Crippen molar-refractivity contribution >= 4 is 22.8 Å². The average molecular weight is 324 g/mol. The Morgan fingerprint density at radius 1 is 1.00 bits per heavy atom. The van der Waals surface area contributed by atoms with Crippen molar-refractivity contribution in [3.05, 3.63) is 30.1 Å². The Kier molecular flexibility index (Phi) is 3.91. The van der Waals surface area contributed by atoms with Crippen LogP contribution >= 0.6 is 0 Å². The molecule has 3 heterocycles. The molecule has 0 aliphatic heterocycles. The Balaban J connectivity index is 2.06. The fourth-order valence-electron chi connectivity index (χ4n) is 2.71. The van der Waals surface area contributed by atoms with E-state index in [-0.39, 0.29) is 5.41 Å². The summed E-state index contributed by atoms with van der Waals surface area (Å²) in [7, 11) is 0. The first kappa shape index (κ1) is 16.2. The molecule has 0 saturated carbocycles. The minimum Gasteiger partial charge on any atom is -0.384 e. The molecule has 6 nitrogen and oxygen atoms in total. The molecule has 0 amide bonds. The Hall–Kier alpha value is -2.63. The van der Waals surface area contributed by atoms with E-state index < -0.39 is 0 Å². The fourth-order valence-corrected chi connectivity index (χ4v) is 2.71. The maximum absolute atomic E-state index is 5.80. The second-order valence-electron chi connectivity index (χ2n) is 7.37. The highest BCUT2D eigenvalue weighted by Crippen LogP contribution is 2.26. The number of anilines is 2. The van der Waals surface area contributed by atoms with Crippen molar-refractivity contribution in [2.45, 2.75) is 40.7 Å². The van der Waals surface area contributed by atoms with E-state index >= 15 is 0 Å². The quantitative estimate of drug-likeness (QED) is 0.769. The molecule has 126 valence electrons. The van der Waals surface area contributed by atoms with Gasteiger partial charge in [0.15, 0.2) is 5.65 Å². The van der Waals surface area contributed by atoms with E-state index in [4.69, 9.17) is 16.5 Å². The van der Waals surface area contributed by atoms with Gasteiger partial charge in [0, 0.05) is 12.1 Å². The van der Waals surface area contributed by atoms with Crippen molar-refractivity contribution in [1.29, 1.82) is 0 Å². The molecule has 0 atom stereocenters. The number of pyridine rings is 2. The molecule has 0 aliphatic carbocycles. The van der Waals surface area contributed by atoms with Gasteiger partial charge in [0.2, 0.25) is 0 Å². The fraction of sp³-hybridized carbons (Fsp3) is 0.389. The lowest BCUT2D eigenvalue weighted by atomic mass is 9.92. The predicted molar refractivity (Wildman–Crippen MR) is 98.4 cm³/mol. The van der Waals surface area contributed by atoms with Crippen LogP contribution in [0.15, 0.2) is 24.3 Å². The summed E-state index contributed by atoms with van der Waals surface area (Å²) in [5.41, 5.74) is 15.3. The van der Waals surface area contributed by atoms with E-state index in [0.29, 0.717) is 11.6 Å². The maximum atomic E-state index is 5.80. The molecule has 0 saturated heterocycles. The molecule has 24 heavy (non-hydrogen) atoms. The molecular weight excluding hydrogens is 300 g/mol. The number of imidazole rings is 1. The Morgan fingerprint density at radius 3 is 2.29 bits per heavy atom. The van der Waals surface area contributed by atoms with E-state index in [9.17, 15) is 0 Å². The van der Waals surface area contributed by atoms with Crippen LogP contribution in [0.3, 0.4) is 0 Å². The Labute approximate surface area is 141 Å². The molecule has 0 fully saturated rings. The monoisotopic (exact) mass is 324 g/mol. The van der Waals surface area contributed by atoms with Crippen LogP contribution in [0.25, 0.3) is 22.4 Å². The van der Waals surface area contributed by atoms with Gasteiger partial charge in [-0.05, 0) is 43.0 Å². The molecule has 3 aromatic heterocycles. The van der Waals surface area contributed by atoms with Crippen LogP contribution in [0.2, 0.25) is 0 Å². The van der Waals surface area contributed by atoms with Crippen molar-refractivity contribution in [2.24, 2.45) is 5.41 Å². The third-order valence-electron chi connectivity index (χ3n) is 4.03. The molecule has 0 unspecified atom stereocenters. The standard InChI is InChI=1S/C18H24N6/c1-11-21-14-6-5-13(12-9-15(19)23-16(20)10-12)22-17(14)24(11)8-7-18(2,3)4/h5-6,9-10H,7-8H2,1-4H3,(H4,19,20,23). The number of nitrogens with two attached hydrogens (primary N) is 2. The number of nitrogen functional groups attached to an aromatic ring is 2. The van der Waals surface area contributed by atoms with Crippen molar-refractivity contribution in [3.63, 3.8) is 0 Å².